The maximum atomic E-state index is 4.54. The third-order valence-electron chi connectivity index (χ3n) is 10.5. The summed E-state index contributed by atoms with van der Waals surface area (Å²) < 4.78 is 7.26. The molecule has 4 nitrogen and oxygen atoms in total. The summed E-state index contributed by atoms with van der Waals surface area (Å²) >= 11 is 0. The van der Waals surface area contributed by atoms with Crippen LogP contribution in [0.15, 0.2) is 182 Å². The summed E-state index contributed by atoms with van der Waals surface area (Å²) in [7, 11) is 0. The summed E-state index contributed by atoms with van der Waals surface area (Å²) in [6, 6.07) is 61.5. The van der Waals surface area contributed by atoms with Crippen LogP contribution in [0.1, 0.15) is 0 Å². The molecule has 11 rings (SSSR count). The van der Waals surface area contributed by atoms with E-state index >= 15 is 0 Å². The monoisotopic (exact) mass is 650 g/mol. The zero-order valence-corrected chi connectivity index (χ0v) is 27.6. The summed E-state index contributed by atoms with van der Waals surface area (Å²) in [4.78, 5) is 4.54. The van der Waals surface area contributed by atoms with Crippen molar-refractivity contribution in [1.82, 2.24) is 18.7 Å². The number of nitrogens with zero attached hydrogens (tertiary/aromatic N) is 4. The number of para-hydroxylation sites is 3. The van der Waals surface area contributed by atoms with Crippen molar-refractivity contribution in [2.45, 2.75) is 0 Å². The van der Waals surface area contributed by atoms with E-state index in [4.69, 9.17) is 0 Å². The number of fused-ring (bicyclic) bond motifs is 10. The third-order valence-corrected chi connectivity index (χ3v) is 10.5. The van der Waals surface area contributed by atoms with E-state index in [-0.39, 0.29) is 0 Å². The van der Waals surface area contributed by atoms with Crippen molar-refractivity contribution in [3.8, 4) is 28.2 Å². The fraction of sp³-hybridized carbons (Fsp3) is 0. The highest BCUT2D eigenvalue weighted by molar-refractivity contribution is 6.24. The van der Waals surface area contributed by atoms with Gasteiger partial charge < -0.3 is 13.7 Å². The molecule has 0 N–H and O–H groups in total. The Morgan fingerprint density at radius 3 is 1.51 bits per heavy atom. The van der Waals surface area contributed by atoms with E-state index < -0.39 is 0 Å². The normalized spacial score (nSPS) is 11.9. The molecule has 0 aliphatic heterocycles. The van der Waals surface area contributed by atoms with E-state index in [1.807, 2.05) is 12.4 Å². The summed E-state index contributed by atoms with van der Waals surface area (Å²) in [6.45, 7) is 0. The number of hydrogen-bond acceptors (Lipinski definition) is 1. The smallest absolute Gasteiger partial charge is 0.0788 e. The second kappa shape index (κ2) is 10.8. The van der Waals surface area contributed by atoms with E-state index in [2.05, 4.69) is 189 Å². The maximum Gasteiger partial charge on any atom is 0.0788 e. The molecule has 0 amide bonds. The van der Waals surface area contributed by atoms with E-state index in [9.17, 15) is 0 Å². The lowest BCUT2D eigenvalue weighted by molar-refractivity contribution is 1.15. The topological polar surface area (TPSA) is 27.7 Å². The van der Waals surface area contributed by atoms with Crippen LogP contribution < -0.4 is 0 Å². The molecule has 238 valence electrons. The molecule has 7 aromatic carbocycles. The zero-order chi connectivity index (χ0) is 33.5. The van der Waals surface area contributed by atoms with Gasteiger partial charge in [-0.15, -0.1) is 0 Å². The van der Waals surface area contributed by atoms with Gasteiger partial charge in [-0.3, -0.25) is 4.98 Å². The lowest BCUT2D eigenvalue weighted by Gasteiger charge is -2.14. The highest BCUT2D eigenvalue weighted by Crippen LogP contribution is 2.43. The molecule has 0 fully saturated rings. The Morgan fingerprint density at radius 2 is 0.824 bits per heavy atom. The van der Waals surface area contributed by atoms with Crippen molar-refractivity contribution >= 4 is 65.4 Å². The molecule has 0 radical (unpaired) electrons. The summed E-state index contributed by atoms with van der Waals surface area (Å²) in [5, 5.41) is 7.34. The van der Waals surface area contributed by atoms with Crippen molar-refractivity contribution in [3.63, 3.8) is 0 Å². The Bertz CT molecular complexity index is 3110. The van der Waals surface area contributed by atoms with Gasteiger partial charge in [-0.05, 0) is 71.8 Å². The molecule has 0 saturated carbocycles. The minimum atomic E-state index is 1.10. The van der Waals surface area contributed by atoms with Crippen LogP contribution in [-0.4, -0.2) is 18.7 Å². The Kier molecular flexibility index (Phi) is 5.92. The number of aromatic nitrogens is 4. The van der Waals surface area contributed by atoms with Gasteiger partial charge in [-0.25, -0.2) is 0 Å². The van der Waals surface area contributed by atoms with Gasteiger partial charge in [0.25, 0.3) is 0 Å². The zero-order valence-electron chi connectivity index (χ0n) is 27.6. The lowest BCUT2D eigenvalue weighted by Crippen LogP contribution is -1.99. The summed E-state index contributed by atoms with van der Waals surface area (Å²) in [5.74, 6) is 0. The largest absolute Gasteiger partial charge is 0.308 e. The molecule has 4 aromatic heterocycles. The van der Waals surface area contributed by atoms with Gasteiger partial charge in [-0.1, -0.05) is 109 Å². The average molecular weight is 651 g/mol. The molecular weight excluding hydrogens is 621 g/mol. The van der Waals surface area contributed by atoms with E-state index in [0.717, 1.165) is 28.1 Å². The first-order valence-electron chi connectivity index (χ1n) is 17.4. The number of rotatable bonds is 4. The first-order valence-corrected chi connectivity index (χ1v) is 17.4. The van der Waals surface area contributed by atoms with Gasteiger partial charge >= 0.3 is 0 Å². The number of benzene rings is 7. The lowest BCUT2D eigenvalue weighted by atomic mass is 10.1. The molecule has 11 aromatic rings. The minimum Gasteiger partial charge on any atom is -0.308 e. The van der Waals surface area contributed by atoms with Crippen LogP contribution in [-0.2, 0) is 0 Å². The van der Waals surface area contributed by atoms with Crippen molar-refractivity contribution in [2.75, 3.05) is 0 Å². The van der Waals surface area contributed by atoms with Gasteiger partial charge in [0.1, 0.15) is 0 Å². The molecule has 0 unspecified atom stereocenters. The van der Waals surface area contributed by atoms with Crippen LogP contribution in [0.2, 0.25) is 0 Å². The molecule has 4 heterocycles. The van der Waals surface area contributed by atoms with Crippen LogP contribution >= 0.6 is 0 Å². The minimum absolute atomic E-state index is 1.10. The third kappa shape index (κ3) is 4.05. The van der Waals surface area contributed by atoms with Crippen molar-refractivity contribution < 1.29 is 0 Å². The van der Waals surface area contributed by atoms with Crippen LogP contribution in [0.25, 0.3) is 93.6 Å². The quantitative estimate of drug-likeness (QED) is 0.186. The Labute approximate surface area is 293 Å². The van der Waals surface area contributed by atoms with Crippen molar-refractivity contribution in [3.05, 3.63) is 182 Å². The molecule has 0 atom stereocenters. The molecule has 0 aliphatic rings. The molecule has 0 spiro atoms. The van der Waals surface area contributed by atoms with Crippen LogP contribution in [0.3, 0.4) is 0 Å². The fourth-order valence-corrected chi connectivity index (χ4v) is 8.32. The standard InChI is InChI=1S/C47H30N4/c1-3-11-31(12-4-1)32-19-21-34(22-20-32)50-42-17-9-7-15-36(42)39-24-25-40-37-16-8-10-18-43(37)51(47(40)46(39)50)35-23-26-44-41(29-35)38-27-28-48-30-45(38)49(44)33-13-5-2-6-14-33/h1-30H. The van der Waals surface area contributed by atoms with E-state index in [1.54, 1.807) is 0 Å². The molecule has 4 heteroatoms. The predicted octanol–water partition coefficient (Wildman–Crippen LogP) is 12.0. The van der Waals surface area contributed by atoms with Gasteiger partial charge in [0.05, 0.1) is 39.3 Å². The Morgan fingerprint density at radius 1 is 0.314 bits per heavy atom. The maximum absolute atomic E-state index is 4.54. The first kappa shape index (κ1) is 28.0. The van der Waals surface area contributed by atoms with Gasteiger partial charge in [-0.2, -0.15) is 0 Å². The van der Waals surface area contributed by atoms with Crippen LogP contribution in [0.5, 0.6) is 0 Å². The summed E-state index contributed by atoms with van der Waals surface area (Å²) in [5.41, 5.74) is 12.8. The first-order chi connectivity index (χ1) is 25.3. The van der Waals surface area contributed by atoms with Crippen molar-refractivity contribution in [2.24, 2.45) is 0 Å². The highest BCUT2D eigenvalue weighted by atomic mass is 15.0. The number of hydrogen-bond donors (Lipinski definition) is 0. The van der Waals surface area contributed by atoms with Gasteiger partial charge in [0.15, 0.2) is 0 Å². The SMILES string of the molecule is c1ccc(-c2ccc(-n3c4ccccc4c4ccc5c6ccccc6n(-c6ccc7c(c6)c6ccncc6n7-c6ccccc6)c5c43)cc2)cc1. The molecule has 0 aliphatic carbocycles. The fourth-order valence-electron chi connectivity index (χ4n) is 8.32. The molecule has 51 heavy (non-hydrogen) atoms. The molecular formula is C47H30N4. The van der Waals surface area contributed by atoms with E-state index in [1.165, 1.54) is 65.5 Å². The Balaban J connectivity index is 1.24. The number of pyridine rings is 1. The van der Waals surface area contributed by atoms with Gasteiger partial charge in [0, 0.05) is 55.6 Å². The molecule has 0 saturated heterocycles. The second-order valence-corrected chi connectivity index (χ2v) is 13.2. The summed E-state index contributed by atoms with van der Waals surface area (Å²) in [6.07, 6.45) is 3.88. The highest BCUT2D eigenvalue weighted by Gasteiger charge is 2.22. The van der Waals surface area contributed by atoms with Crippen molar-refractivity contribution in [1.29, 1.82) is 0 Å². The molecule has 0 bridgehead atoms. The van der Waals surface area contributed by atoms with Gasteiger partial charge in [0.2, 0.25) is 0 Å². The predicted molar refractivity (Wildman–Crippen MR) is 213 cm³/mol. The van der Waals surface area contributed by atoms with Crippen LogP contribution in [0.4, 0.5) is 0 Å². The van der Waals surface area contributed by atoms with E-state index in [0.29, 0.717) is 0 Å². The second-order valence-electron chi connectivity index (χ2n) is 13.2. The Hall–Kier alpha value is -6.91. The average Bonchev–Trinajstić information content (AvgIpc) is 3.84. The van der Waals surface area contributed by atoms with Crippen LogP contribution in [0, 0.1) is 0 Å².